The predicted molar refractivity (Wildman–Crippen MR) is 106 cm³/mol. The molecule has 0 spiro atoms. The molecular weight excluding hydrogens is 406 g/mol. The lowest BCUT2D eigenvalue weighted by Crippen LogP contribution is -3.00. The van der Waals surface area contributed by atoms with Crippen LogP contribution in [0.1, 0.15) is 80.1 Å². The highest BCUT2D eigenvalue weighted by atomic mass is 79.9. The number of unbranched alkanes of at least 4 members (excludes halogenated alkanes) is 5. The third-order valence-corrected chi connectivity index (χ3v) is 7.79. The Balaban J connectivity index is 0. The molecule has 0 aliphatic heterocycles. The highest BCUT2D eigenvalue weighted by Gasteiger charge is 2.37. The smallest absolute Gasteiger partial charge is 0.198 e. The zero-order chi connectivity index (χ0) is 18.1. The molecule has 0 aliphatic carbocycles. The van der Waals surface area contributed by atoms with Gasteiger partial charge in [0.2, 0.25) is 0 Å². The van der Waals surface area contributed by atoms with Crippen molar-refractivity contribution in [1.29, 1.82) is 0 Å². The number of halogens is 1. The van der Waals surface area contributed by atoms with Crippen molar-refractivity contribution in [3.05, 3.63) is 0 Å². The van der Waals surface area contributed by atoms with E-state index in [2.05, 4.69) is 41.5 Å². The molecular formula is C18H40BrNO2S2. The van der Waals surface area contributed by atoms with Crippen molar-refractivity contribution >= 4 is 19.7 Å². The second-order valence-corrected chi connectivity index (χ2v) is 12.2. The zero-order valence-corrected chi connectivity index (χ0v) is 20.1. The van der Waals surface area contributed by atoms with Gasteiger partial charge in [-0.2, -0.15) is 0 Å². The maximum atomic E-state index is 11.0. The number of nitrogens with zero attached hydrogens (tertiary/aromatic N) is 1. The molecule has 0 unspecified atom stereocenters. The summed E-state index contributed by atoms with van der Waals surface area (Å²) in [6.07, 6.45) is 8.56. The first-order valence-corrected chi connectivity index (χ1v) is 12.6. The first kappa shape index (κ1) is 27.0. The molecule has 0 amide bonds. The lowest BCUT2D eigenvalue weighted by Gasteiger charge is -2.49. The fourth-order valence-electron chi connectivity index (χ4n) is 3.97. The Hall–Kier alpha value is 0.740. The Bertz CT molecular complexity index is 387. The monoisotopic (exact) mass is 445 g/mol. The maximum Gasteiger partial charge on any atom is 0.198 e. The summed E-state index contributed by atoms with van der Waals surface area (Å²) in [6, 6.07) is 2.01. The summed E-state index contributed by atoms with van der Waals surface area (Å²) in [5, 5.41) is 0. The molecule has 0 aromatic carbocycles. The summed E-state index contributed by atoms with van der Waals surface area (Å²) in [6.45, 7) is 15.4. The Morgan fingerprint density at radius 3 is 1.50 bits per heavy atom. The summed E-state index contributed by atoms with van der Waals surface area (Å²) in [7, 11) is -1.77. The van der Waals surface area contributed by atoms with Crippen LogP contribution in [0.2, 0.25) is 0 Å². The van der Waals surface area contributed by atoms with Gasteiger partial charge >= 0.3 is 0 Å². The minimum atomic E-state index is -2.85. The number of quaternary nitrogens is 1. The minimum Gasteiger partial charge on any atom is -1.00 e. The summed E-state index contributed by atoms with van der Waals surface area (Å²) in [5.41, 5.74) is 0. The van der Waals surface area contributed by atoms with Crippen LogP contribution in [0, 0.1) is 0 Å². The van der Waals surface area contributed by atoms with Gasteiger partial charge in [0.15, 0.2) is 8.87 Å². The molecule has 6 heteroatoms. The van der Waals surface area contributed by atoms with E-state index in [9.17, 15) is 8.42 Å². The fourth-order valence-corrected chi connectivity index (χ4v) is 5.86. The first-order valence-electron chi connectivity index (χ1n) is 9.25. The van der Waals surface area contributed by atoms with E-state index in [-0.39, 0.29) is 17.0 Å². The Labute approximate surface area is 166 Å². The van der Waals surface area contributed by atoms with Crippen molar-refractivity contribution in [2.45, 2.75) is 98.2 Å². The van der Waals surface area contributed by atoms with Gasteiger partial charge in [0.05, 0.1) is 24.7 Å². The molecule has 0 aliphatic rings. The molecule has 0 atom stereocenters. The first-order chi connectivity index (χ1) is 10.5. The van der Waals surface area contributed by atoms with Crippen LogP contribution in [0.15, 0.2) is 0 Å². The van der Waals surface area contributed by atoms with Crippen molar-refractivity contribution in [1.82, 2.24) is 0 Å². The van der Waals surface area contributed by atoms with Crippen LogP contribution in [0.3, 0.4) is 0 Å². The Morgan fingerprint density at radius 2 is 1.12 bits per heavy atom. The third-order valence-electron chi connectivity index (χ3n) is 5.12. The Kier molecular flexibility index (Phi) is 14.6. The molecule has 0 N–H and O–H groups in total. The number of hydrogen-bond acceptors (Lipinski definition) is 3. The molecule has 0 aromatic heterocycles. The summed E-state index contributed by atoms with van der Waals surface area (Å²) < 4.78 is 23.3. The van der Waals surface area contributed by atoms with Gasteiger partial charge in [-0.1, -0.05) is 19.3 Å². The molecule has 0 bridgehead atoms. The van der Waals surface area contributed by atoms with E-state index in [1.165, 1.54) is 43.0 Å². The third kappa shape index (κ3) is 10.0. The Morgan fingerprint density at radius 1 is 0.750 bits per heavy atom. The van der Waals surface area contributed by atoms with Crippen LogP contribution >= 0.6 is 10.8 Å². The maximum absolute atomic E-state index is 11.0. The van der Waals surface area contributed by atoms with Crippen molar-refractivity contribution < 1.29 is 29.9 Å². The summed E-state index contributed by atoms with van der Waals surface area (Å²) in [5.74, 6) is 0.743. The van der Waals surface area contributed by atoms with E-state index in [4.69, 9.17) is 0 Å². The molecule has 3 nitrogen and oxygen atoms in total. The standard InChI is InChI=1S/C18H40NO2S2.BrH/c1-16(2)19(17(3)4,18(5)6)14-12-10-8-9-11-13-15-22-23(7,20)21;/h16-18H,8-15H2,1-7H3;1H/q+1;/p-1. The molecule has 24 heavy (non-hydrogen) atoms. The van der Waals surface area contributed by atoms with Gasteiger partial charge in [0, 0.05) is 12.0 Å². The molecule has 0 rings (SSSR count). The average molecular weight is 447 g/mol. The van der Waals surface area contributed by atoms with Crippen molar-refractivity contribution in [2.24, 2.45) is 0 Å². The van der Waals surface area contributed by atoms with Crippen molar-refractivity contribution in [3.63, 3.8) is 0 Å². The van der Waals surface area contributed by atoms with E-state index in [1.807, 2.05) is 0 Å². The van der Waals surface area contributed by atoms with E-state index < -0.39 is 8.87 Å². The van der Waals surface area contributed by atoms with Crippen LogP contribution in [0.25, 0.3) is 0 Å². The highest BCUT2D eigenvalue weighted by molar-refractivity contribution is 8.71. The molecule has 0 heterocycles. The number of rotatable bonds is 13. The van der Waals surface area contributed by atoms with Gasteiger partial charge in [-0.3, -0.25) is 0 Å². The van der Waals surface area contributed by atoms with E-state index in [0.29, 0.717) is 18.1 Å². The normalized spacial score (nSPS) is 12.9. The average Bonchev–Trinajstić information content (AvgIpc) is 2.38. The summed E-state index contributed by atoms with van der Waals surface area (Å²) >= 11 is 0. The fraction of sp³-hybridized carbons (Fsp3) is 1.00. The molecule has 0 saturated heterocycles. The van der Waals surface area contributed by atoms with Gasteiger partial charge in [-0.15, -0.1) is 0 Å². The van der Waals surface area contributed by atoms with Crippen molar-refractivity contribution in [2.75, 3.05) is 18.6 Å². The molecule has 0 saturated carbocycles. The number of hydrogen-bond donors (Lipinski definition) is 0. The van der Waals surface area contributed by atoms with E-state index >= 15 is 0 Å². The zero-order valence-electron chi connectivity index (χ0n) is 16.8. The van der Waals surface area contributed by atoms with E-state index in [1.54, 1.807) is 0 Å². The highest BCUT2D eigenvalue weighted by Crippen LogP contribution is 2.26. The van der Waals surface area contributed by atoms with Gasteiger partial charge in [-0.05, 0) is 71.6 Å². The van der Waals surface area contributed by atoms with E-state index in [0.717, 1.165) is 29.4 Å². The second-order valence-electron chi connectivity index (χ2n) is 7.65. The van der Waals surface area contributed by atoms with Gasteiger partial charge < -0.3 is 21.5 Å². The summed E-state index contributed by atoms with van der Waals surface area (Å²) in [4.78, 5) is 0. The molecule has 0 radical (unpaired) electrons. The molecule has 0 aromatic rings. The molecule has 0 fully saturated rings. The van der Waals surface area contributed by atoms with Gasteiger partial charge in [0.1, 0.15) is 0 Å². The lowest BCUT2D eigenvalue weighted by atomic mass is 10.0. The van der Waals surface area contributed by atoms with Crippen LogP contribution in [0.4, 0.5) is 0 Å². The second kappa shape index (κ2) is 13.0. The largest absolute Gasteiger partial charge is 1.00 e. The minimum absolute atomic E-state index is 0. The van der Waals surface area contributed by atoms with Gasteiger partial charge in [0.25, 0.3) is 0 Å². The SMILES string of the molecule is CC(C)[N+](CCCCCCCCSS(C)(=O)=O)(C(C)C)C(C)C.[Br-]. The van der Waals surface area contributed by atoms with Crippen LogP contribution in [-0.2, 0) is 8.87 Å². The predicted octanol–water partition coefficient (Wildman–Crippen LogP) is 2.07. The molecule has 148 valence electrons. The van der Waals surface area contributed by atoms with Crippen LogP contribution in [-0.4, -0.2) is 49.6 Å². The lowest BCUT2D eigenvalue weighted by molar-refractivity contribution is -0.985. The quantitative estimate of drug-likeness (QED) is 0.247. The van der Waals surface area contributed by atoms with Gasteiger partial charge in [-0.25, -0.2) is 8.42 Å². The van der Waals surface area contributed by atoms with Crippen LogP contribution < -0.4 is 17.0 Å². The van der Waals surface area contributed by atoms with Crippen molar-refractivity contribution in [3.8, 4) is 0 Å². The topological polar surface area (TPSA) is 34.1 Å². The van der Waals surface area contributed by atoms with Crippen LogP contribution in [0.5, 0.6) is 0 Å².